The highest BCUT2D eigenvalue weighted by atomic mass is 16.4. The summed E-state index contributed by atoms with van der Waals surface area (Å²) < 4.78 is 5.55. The smallest absolute Gasteiger partial charge is 0.343 e. The highest BCUT2D eigenvalue weighted by Gasteiger charge is 2.12. The Morgan fingerprint density at radius 2 is 1.90 bits per heavy atom. The minimum absolute atomic E-state index is 0.223. The summed E-state index contributed by atoms with van der Waals surface area (Å²) in [6.07, 6.45) is 8.14. The van der Waals surface area contributed by atoms with Crippen molar-refractivity contribution in [1.82, 2.24) is 0 Å². The van der Waals surface area contributed by atoms with E-state index in [1.54, 1.807) is 0 Å². The molecule has 2 rings (SSSR count). The lowest BCUT2D eigenvalue weighted by atomic mass is 10.00. The summed E-state index contributed by atoms with van der Waals surface area (Å²) >= 11 is 0. The van der Waals surface area contributed by atoms with Crippen LogP contribution in [0.2, 0.25) is 0 Å². The van der Waals surface area contributed by atoms with Crippen molar-refractivity contribution in [2.75, 3.05) is 0 Å². The molecule has 20 heavy (non-hydrogen) atoms. The molecule has 0 atom stereocenters. The summed E-state index contributed by atoms with van der Waals surface area (Å²) in [5.41, 5.74) is 0.894. The molecule has 0 spiro atoms. The summed E-state index contributed by atoms with van der Waals surface area (Å²) in [7, 11) is 0. The lowest BCUT2D eigenvalue weighted by molar-refractivity contribution is 0.451. The monoisotopic (exact) mass is 270 g/mol. The fraction of sp³-hybridized carbons (Fsp3) is 0.389. The van der Waals surface area contributed by atoms with E-state index in [4.69, 9.17) is 4.42 Å². The molecule has 1 aromatic heterocycles. The molecule has 0 radical (unpaired) electrons. The van der Waals surface area contributed by atoms with E-state index >= 15 is 0 Å². The number of rotatable bonds is 7. The molecule has 2 heteroatoms. The first-order chi connectivity index (χ1) is 9.77. The summed E-state index contributed by atoms with van der Waals surface area (Å²) in [5.74, 6) is 0.838. The van der Waals surface area contributed by atoms with Crippen LogP contribution in [0.4, 0.5) is 0 Å². The Hall–Kier alpha value is -1.83. The van der Waals surface area contributed by atoms with Crippen molar-refractivity contribution in [2.45, 2.75) is 45.4 Å². The van der Waals surface area contributed by atoms with Gasteiger partial charge in [-0.3, -0.25) is 0 Å². The van der Waals surface area contributed by atoms with Crippen molar-refractivity contribution in [3.05, 3.63) is 58.7 Å². The second-order valence-electron chi connectivity index (χ2n) is 5.14. The molecule has 1 heterocycles. The average molecular weight is 270 g/mol. The van der Waals surface area contributed by atoms with Crippen LogP contribution in [0.5, 0.6) is 0 Å². The summed E-state index contributed by atoms with van der Waals surface area (Å²) in [5, 5.41) is 1.68. The van der Waals surface area contributed by atoms with E-state index in [2.05, 4.69) is 13.5 Å². The number of fused-ring (bicyclic) bond motifs is 1. The second kappa shape index (κ2) is 7.09. The van der Waals surface area contributed by atoms with Crippen molar-refractivity contribution >= 4 is 10.8 Å². The first-order valence-electron chi connectivity index (χ1n) is 7.42. The van der Waals surface area contributed by atoms with Gasteiger partial charge in [0.05, 0.1) is 5.39 Å². The Kier molecular flexibility index (Phi) is 5.16. The number of allylic oxidation sites excluding steroid dienone is 1. The van der Waals surface area contributed by atoms with Gasteiger partial charge in [-0.25, -0.2) is 4.79 Å². The molecule has 0 saturated carbocycles. The maximum absolute atomic E-state index is 12.1. The number of aryl methyl sites for hydroxylation is 1. The molecule has 0 unspecified atom stereocenters. The third kappa shape index (κ3) is 3.19. The zero-order chi connectivity index (χ0) is 14.4. The van der Waals surface area contributed by atoms with Gasteiger partial charge in [-0.05, 0) is 24.3 Å². The standard InChI is InChI=1S/C18H22O2/c1-3-5-6-7-13-17-15(10-4-2)14-11-8-9-12-16(14)18(19)20-17/h4,8-9,11-12H,2-3,5-7,10,13H2,1H3. The Morgan fingerprint density at radius 1 is 1.15 bits per heavy atom. The van der Waals surface area contributed by atoms with Gasteiger partial charge in [0.2, 0.25) is 0 Å². The SMILES string of the molecule is C=CCc1c(CCCCCC)oc(=O)c2ccccc12. The number of benzene rings is 1. The van der Waals surface area contributed by atoms with Crippen LogP contribution in [0.25, 0.3) is 10.8 Å². The molecule has 0 N–H and O–H groups in total. The number of hydrogen-bond acceptors (Lipinski definition) is 2. The largest absolute Gasteiger partial charge is 0.427 e. The minimum atomic E-state index is -0.223. The topological polar surface area (TPSA) is 30.2 Å². The summed E-state index contributed by atoms with van der Waals surface area (Å²) in [4.78, 5) is 12.1. The summed E-state index contributed by atoms with van der Waals surface area (Å²) in [6.45, 7) is 6.01. The fourth-order valence-corrected chi connectivity index (χ4v) is 2.59. The lowest BCUT2D eigenvalue weighted by Gasteiger charge is -2.09. The van der Waals surface area contributed by atoms with E-state index in [9.17, 15) is 4.79 Å². The molecule has 106 valence electrons. The van der Waals surface area contributed by atoms with Crippen LogP contribution in [0.3, 0.4) is 0 Å². The highest BCUT2D eigenvalue weighted by Crippen LogP contribution is 2.22. The molecular formula is C18H22O2. The van der Waals surface area contributed by atoms with Gasteiger partial charge in [-0.15, -0.1) is 6.58 Å². The maximum atomic E-state index is 12.1. The molecule has 0 saturated heterocycles. The van der Waals surface area contributed by atoms with Gasteiger partial charge in [0.15, 0.2) is 0 Å². The van der Waals surface area contributed by atoms with Crippen LogP contribution < -0.4 is 5.63 Å². The van der Waals surface area contributed by atoms with Crippen molar-refractivity contribution in [1.29, 1.82) is 0 Å². The molecule has 0 aliphatic carbocycles. The van der Waals surface area contributed by atoms with Gasteiger partial charge in [-0.1, -0.05) is 50.5 Å². The van der Waals surface area contributed by atoms with Crippen LogP contribution in [-0.2, 0) is 12.8 Å². The van der Waals surface area contributed by atoms with Gasteiger partial charge in [0.1, 0.15) is 5.76 Å². The third-order valence-electron chi connectivity index (χ3n) is 3.63. The molecule has 0 bridgehead atoms. The third-order valence-corrected chi connectivity index (χ3v) is 3.63. The van der Waals surface area contributed by atoms with Gasteiger partial charge >= 0.3 is 5.63 Å². The zero-order valence-corrected chi connectivity index (χ0v) is 12.2. The molecule has 0 aliphatic rings. The first kappa shape index (κ1) is 14.6. The molecule has 2 nitrogen and oxygen atoms in total. The number of unbranched alkanes of at least 4 members (excludes halogenated alkanes) is 3. The number of hydrogen-bond donors (Lipinski definition) is 0. The van der Waals surface area contributed by atoms with Crippen molar-refractivity contribution in [3.8, 4) is 0 Å². The Labute approximate surface area is 120 Å². The minimum Gasteiger partial charge on any atom is -0.427 e. The van der Waals surface area contributed by atoms with Gasteiger partial charge < -0.3 is 4.42 Å². The van der Waals surface area contributed by atoms with E-state index in [1.165, 1.54) is 19.3 Å². The molecule has 2 aromatic rings. The molecule has 0 aliphatic heterocycles. The molecule has 0 fully saturated rings. The maximum Gasteiger partial charge on any atom is 0.343 e. The highest BCUT2D eigenvalue weighted by molar-refractivity contribution is 5.85. The van der Waals surface area contributed by atoms with Crippen LogP contribution in [0.15, 0.2) is 46.1 Å². The van der Waals surface area contributed by atoms with Gasteiger partial charge in [0, 0.05) is 12.0 Å². The Balaban J connectivity index is 2.39. The van der Waals surface area contributed by atoms with Crippen LogP contribution in [0, 0.1) is 0 Å². The molecular weight excluding hydrogens is 248 g/mol. The second-order valence-corrected chi connectivity index (χ2v) is 5.14. The average Bonchev–Trinajstić information content (AvgIpc) is 2.47. The van der Waals surface area contributed by atoms with E-state index in [1.807, 2.05) is 30.3 Å². The van der Waals surface area contributed by atoms with E-state index in [-0.39, 0.29) is 5.63 Å². The van der Waals surface area contributed by atoms with Crippen molar-refractivity contribution < 1.29 is 4.42 Å². The Bertz CT molecular complexity index is 637. The van der Waals surface area contributed by atoms with Crippen LogP contribution in [0.1, 0.15) is 43.9 Å². The van der Waals surface area contributed by atoms with Crippen LogP contribution >= 0.6 is 0 Å². The quantitative estimate of drug-likeness (QED) is 0.541. The fourth-order valence-electron chi connectivity index (χ4n) is 2.59. The van der Waals surface area contributed by atoms with Crippen molar-refractivity contribution in [3.63, 3.8) is 0 Å². The predicted octanol–water partition coefficient (Wildman–Crippen LogP) is 4.64. The van der Waals surface area contributed by atoms with Crippen LogP contribution in [-0.4, -0.2) is 0 Å². The van der Waals surface area contributed by atoms with E-state index in [0.717, 1.165) is 36.0 Å². The molecule has 1 aromatic carbocycles. The van der Waals surface area contributed by atoms with E-state index in [0.29, 0.717) is 5.39 Å². The van der Waals surface area contributed by atoms with Gasteiger partial charge in [0.25, 0.3) is 0 Å². The summed E-state index contributed by atoms with van der Waals surface area (Å²) in [6, 6.07) is 7.67. The predicted molar refractivity (Wildman–Crippen MR) is 84.2 cm³/mol. The van der Waals surface area contributed by atoms with Gasteiger partial charge in [-0.2, -0.15) is 0 Å². The van der Waals surface area contributed by atoms with E-state index < -0.39 is 0 Å². The molecule has 0 amide bonds. The first-order valence-corrected chi connectivity index (χ1v) is 7.42. The normalized spacial score (nSPS) is 10.8. The Morgan fingerprint density at radius 3 is 2.60 bits per heavy atom. The van der Waals surface area contributed by atoms with Crippen molar-refractivity contribution in [2.24, 2.45) is 0 Å². The zero-order valence-electron chi connectivity index (χ0n) is 12.2. The lowest BCUT2D eigenvalue weighted by Crippen LogP contribution is -2.07.